The van der Waals surface area contributed by atoms with Crippen molar-refractivity contribution in [1.82, 2.24) is 18.9 Å². The van der Waals surface area contributed by atoms with Gasteiger partial charge in [0.25, 0.3) is 0 Å². The molecule has 0 bridgehead atoms. The number of fused-ring (bicyclic) bond motifs is 1. The standard InChI is InChI=1S/C24H28N4O6S2/c1-27(2)36(29,30)22-13-21(34-6)20(33-5)11-16(22)12-23-25-26-24-28(23)14-17(35-24)9-15-7-8-18(31-3)19(10-15)32-4/h7-8,10-11,13-14H,9,12H2,1-6H3. The summed E-state index contributed by atoms with van der Waals surface area (Å²) in [5.74, 6) is 2.72. The van der Waals surface area contributed by atoms with Crippen LogP contribution in [0.5, 0.6) is 23.0 Å². The number of benzene rings is 2. The molecule has 0 unspecified atom stereocenters. The third kappa shape index (κ3) is 4.84. The zero-order chi connectivity index (χ0) is 26.0. The van der Waals surface area contributed by atoms with Gasteiger partial charge in [0.1, 0.15) is 5.82 Å². The molecule has 0 aliphatic carbocycles. The summed E-state index contributed by atoms with van der Waals surface area (Å²) < 4.78 is 50.7. The fraction of sp³-hybridized carbons (Fsp3) is 0.333. The molecule has 0 atom stereocenters. The van der Waals surface area contributed by atoms with Crippen LogP contribution in [0, 0.1) is 0 Å². The lowest BCUT2D eigenvalue weighted by Crippen LogP contribution is -2.23. The van der Waals surface area contributed by atoms with Crippen LogP contribution in [-0.4, -0.2) is 69.9 Å². The van der Waals surface area contributed by atoms with Gasteiger partial charge in [0.05, 0.1) is 33.3 Å². The van der Waals surface area contributed by atoms with Gasteiger partial charge in [-0.15, -0.1) is 10.2 Å². The second-order valence-corrected chi connectivity index (χ2v) is 11.3. The molecule has 192 valence electrons. The zero-order valence-corrected chi connectivity index (χ0v) is 22.6. The number of methoxy groups -OCH3 is 4. The van der Waals surface area contributed by atoms with Crippen LogP contribution in [0.1, 0.15) is 21.8 Å². The third-order valence-electron chi connectivity index (χ3n) is 5.73. The second-order valence-electron chi connectivity index (χ2n) is 8.11. The summed E-state index contributed by atoms with van der Waals surface area (Å²) in [5, 5.41) is 8.63. The molecule has 0 spiro atoms. The third-order valence-corrected chi connectivity index (χ3v) is 8.60. The van der Waals surface area contributed by atoms with Gasteiger partial charge < -0.3 is 18.9 Å². The molecule has 36 heavy (non-hydrogen) atoms. The number of rotatable bonds is 10. The van der Waals surface area contributed by atoms with Crippen molar-refractivity contribution < 1.29 is 27.4 Å². The van der Waals surface area contributed by atoms with Crippen molar-refractivity contribution in [2.24, 2.45) is 0 Å². The molecule has 12 heteroatoms. The maximum absolute atomic E-state index is 13.1. The molecule has 2 aromatic carbocycles. The Morgan fingerprint density at radius 2 is 1.50 bits per heavy atom. The van der Waals surface area contributed by atoms with Gasteiger partial charge in [0, 0.05) is 44.1 Å². The summed E-state index contributed by atoms with van der Waals surface area (Å²) in [6.45, 7) is 0. The first kappa shape index (κ1) is 25.7. The molecule has 0 aliphatic heterocycles. The highest BCUT2D eigenvalue weighted by Crippen LogP contribution is 2.35. The van der Waals surface area contributed by atoms with Crippen LogP contribution in [0.25, 0.3) is 4.96 Å². The average molecular weight is 533 g/mol. The zero-order valence-electron chi connectivity index (χ0n) is 20.9. The number of nitrogens with zero attached hydrogens (tertiary/aromatic N) is 4. The quantitative estimate of drug-likeness (QED) is 0.307. The van der Waals surface area contributed by atoms with E-state index < -0.39 is 10.0 Å². The molecule has 10 nitrogen and oxygen atoms in total. The number of thiazole rings is 1. The lowest BCUT2D eigenvalue weighted by Gasteiger charge is -2.17. The molecule has 2 aromatic heterocycles. The number of ether oxygens (including phenoxy) is 4. The Kier molecular flexibility index (Phi) is 7.38. The van der Waals surface area contributed by atoms with Crippen molar-refractivity contribution in [1.29, 1.82) is 0 Å². The van der Waals surface area contributed by atoms with Crippen LogP contribution >= 0.6 is 11.3 Å². The Balaban J connectivity index is 1.70. The van der Waals surface area contributed by atoms with Crippen molar-refractivity contribution in [3.63, 3.8) is 0 Å². The van der Waals surface area contributed by atoms with E-state index in [1.54, 1.807) is 20.3 Å². The summed E-state index contributed by atoms with van der Waals surface area (Å²) in [4.78, 5) is 1.92. The van der Waals surface area contributed by atoms with Crippen molar-refractivity contribution in [3.8, 4) is 23.0 Å². The largest absolute Gasteiger partial charge is 0.493 e. The van der Waals surface area contributed by atoms with Crippen LogP contribution in [0.4, 0.5) is 0 Å². The average Bonchev–Trinajstić information content (AvgIpc) is 3.44. The molecule has 0 aliphatic rings. The van der Waals surface area contributed by atoms with E-state index in [4.69, 9.17) is 18.9 Å². The molecular formula is C24H28N4O6S2. The maximum atomic E-state index is 13.1. The monoisotopic (exact) mass is 532 g/mol. The minimum Gasteiger partial charge on any atom is -0.493 e. The maximum Gasteiger partial charge on any atom is 0.242 e. The van der Waals surface area contributed by atoms with Crippen LogP contribution < -0.4 is 18.9 Å². The van der Waals surface area contributed by atoms with Crippen LogP contribution in [0.2, 0.25) is 0 Å². The van der Waals surface area contributed by atoms with Crippen molar-refractivity contribution in [3.05, 3.63) is 58.4 Å². The van der Waals surface area contributed by atoms with E-state index in [9.17, 15) is 8.42 Å². The predicted molar refractivity (Wildman–Crippen MR) is 136 cm³/mol. The Bertz CT molecular complexity index is 1490. The molecule has 0 N–H and O–H groups in total. The second kappa shape index (κ2) is 10.3. The molecular weight excluding hydrogens is 504 g/mol. The Hall–Kier alpha value is -3.35. The number of hydrogen-bond acceptors (Lipinski definition) is 9. The summed E-state index contributed by atoms with van der Waals surface area (Å²) in [7, 11) is 5.43. The Morgan fingerprint density at radius 3 is 2.14 bits per heavy atom. The van der Waals surface area contributed by atoms with Gasteiger partial charge in [-0.1, -0.05) is 17.4 Å². The molecule has 0 saturated carbocycles. The highest BCUT2D eigenvalue weighted by atomic mass is 32.2. The highest BCUT2D eigenvalue weighted by Gasteiger charge is 2.25. The smallest absolute Gasteiger partial charge is 0.242 e. The van der Waals surface area contributed by atoms with Gasteiger partial charge in [0.15, 0.2) is 23.0 Å². The first-order valence-electron chi connectivity index (χ1n) is 10.9. The molecule has 0 amide bonds. The molecule has 4 rings (SSSR count). The lowest BCUT2D eigenvalue weighted by atomic mass is 10.1. The lowest BCUT2D eigenvalue weighted by molar-refractivity contribution is 0.353. The van der Waals surface area contributed by atoms with Crippen molar-refractivity contribution >= 4 is 26.3 Å². The number of sulfonamides is 1. The fourth-order valence-corrected chi connectivity index (χ4v) is 5.92. The SMILES string of the molecule is COc1ccc(Cc2cn3c(Cc4cc(OC)c(OC)cc4S(=O)(=O)N(C)C)nnc3s2)cc1OC. The number of aromatic nitrogens is 3. The van der Waals surface area contributed by atoms with Crippen LogP contribution in [0.3, 0.4) is 0 Å². The molecule has 0 fully saturated rings. The fourth-order valence-electron chi connectivity index (χ4n) is 3.84. The minimum absolute atomic E-state index is 0.127. The van der Waals surface area contributed by atoms with E-state index in [0.29, 0.717) is 40.8 Å². The van der Waals surface area contributed by atoms with E-state index in [1.807, 2.05) is 28.8 Å². The first-order chi connectivity index (χ1) is 17.2. The summed E-state index contributed by atoms with van der Waals surface area (Å²) in [6.07, 6.45) is 2.88. The Morgan fingerprint density at radius 1 is 0.861 bits per heavy atom. The van der Waals surface area contributed by atoms with Gasteiger partial charge in [-0.3, -0.25) is 4.40 Å². The highest BCUT2D eigenvalue weighted by molar-refractivity contribution is 7.89. The van der Waals surface area contributed by atoms with E-state index in [2.05, 4.69) is 10.2 Å². The number of hydrogen-bond donors (Lipinski definition) is 0. The predicted octanol–water partition coefficient (Wildman–Crippen LogP) is 3.26. The first-order valence-corrected chi connectivity index (χ1v) is 13.2. The van der Waals surface area contributed by atoms with E-state index in [-0.39, 0.29) is 11.3 Å². The van der Waals surface area contributed by atoms with Crippen molar-refractivity contribution in [2.45, 2.75) is 17.7 Å². The molecule has 4 aromatic rings. The van der Waals surface area contributed by atoms with E-state index in [0.717, 1.165) is 15.4 Å². The van der Waals surface area contributed by atoms with Gasteiger partial charge in [0.2, 0.25) is 15.0 Å². The van der Waals surface area contributed by atoms with Gasteiger partial charge >= 0.3 is 0 Å². The van der Waals surface area contributed by atoms with Crippen molar-refractivity contribution in [2.75, 3.05) is 42.5 Å². The summed E-state index contributed by atoms with van der Waals surface area (Å²) >= 11 is 1.52. The molecule has 2 heterocycles. The Labute approximate surface area is 214 Å². The topological polar surface area (TPSA) is 104 Å². The minimum atomic E-state index is -3.75. The summed E-state index contributed by atoms with van der Waals surface area (Å²) in [5.41, 5.74) is 1.59. The van der Waals surface area contributed by atoms with Gasteiger partial charge in [-0.05, 0) is 29.3 Å². The normalized spacial score (nSPS) is 11.8. The van der Waals surface area contributed by atoms with Crippen LogP contribution in [0.15, 0.2) is 41.4 Å². The van der Waals surface area contributed by atoms with E-state index in [1.165, 1.54) is 50.0 Å². The van der Waals surface area contributed by atoms with E-state index >= 15 is 0 Å². The van der Waals surface area contributed by atoms with Gasteiger partial charge in [-0.25, -0.2) is 12.7 Å². The molecule has 0 saturated heterocycles. The molecule has 0 radical (unpaired) electrons. The van der Waals surface area contributed by atoms with Crippen LogP contribution in [-0.2, 0) is 22.9 Å². The summed E-state index contributed by atoms with van der Waals surface area (Å²) in [6, 6.07) is 8.97. The van der Waals surface area contributed by atoms with Gasteiger partial charge in [-0.2, -0.15) is 0 Å².